The molecule has 4 aromatic rings. The molecule has 3 aromatic heterocycles. The lowest BCUT2D eigenvalue weighted by Gasteiger charge is -2.30. The largest absolute Gasteiger partial charge is 0.376 e. The van der Waals surface area contributed by atoms with Gasteiger partial charge in [0.25, 0.3) is 0 Å². The molecule has 0 bridgehead atoms. The van der Waals surface area contributed by atoms with E-state index >= 15 is 0 Å². The Hall–Kier alpha value is -3.57. The number of H-pyrrole nitrogens is 1. The first-order valence-electron chi connectivity index (χ1n) is 11.5. The smallest absolute Gasteiger partial charge is 0.248 e. The minimum atomic E-state index is -0.506. The first kappa shape index (κ1) is 22.2. The molecule has 4 heterocycles. The number of aryl methyl sites for hydroxylation is 2. The van der Waals surface area contributed by atoms with Crippen LogP contribution < -0.4 is 5.73 Å². The van der Waals surface area contributed by atoms with Crippen LogP contribution in [0.4, 0.5) is 0 Å². The van der Waals surface area contributed by atoms with Gasteiger partial charge >= 0.3 is 0 Å². The molecule has 11 heteroatoms. The topological polar surface area (TPSA) is 133 Å². The second-order valence-corrected chi connectivity index (χ2v) is 8.66. The minimum Gasteiger partial charge on any atom is -0.376 e. The summed E-state index contributed by atoms with van der Waals surface area (Å²) in [6.07, 6.45) is 2.03. The molecule has 178 valence electrons. The molecule has 0 unspecified atom stereocenters. The zero-order valence-electron chi connectivity index (χ0n) is 19.7. The van der Waals surface area contributed by atoms with Crippen LogP contribution in [0.5, 0.6) is 0 Å². The first-order valence-corrected chi connectivity index (χ1v) is 11.5. The lowest BCUT2D eigenvalue weighted by atomic mass is 10.0. The molecule has 0 spiro atoms. The van der Waals surface area contributed by atoms with Gasteiger partial charge in [0, 0.05) is 42.7 Å². The van der Waals surface area contributed by atoms with E-state index in [1.807, 2.05) is 29.3 Å². The number of primary amides is 1. The van der Waals surface area contributed by atoms with Gasteiger partial charge in [-0.1, -0.05) is 0 Å². The van der Waals surface area contributed by atoms with Gasteiger partial charge in [-0.2, -0.15) is 15.3 Å². The number of aromatic amines is 1. The zero-order valence-corrected chi connectivity index (χ0v) is 19.7. The molecule has 1 amide bonds. The Morgan fingerprint density at radius 3 is 2.88 bits per heavy atom. The summed E-state index contributed by atoms with van der Waals surface area (Å²) < 4.78 is 9.42. The molecule has 1 fully saturated rings. The normalized spacial score (nSPS) is 17.0. The number of aromatic nitrogens is 7. The van der Waals surface area contributed by atoms with Gasteiger partial charge in [0.2, 0.25) is 5.91 Å². The van der Waals surface area contributed by atoms with E-state index in [-0.39, 0.29) is 6.10 Å². The standard InChI is InChI=1S/C23H29N9O2/c1-4-31-20(9-14(2)29-31)23-26-22(27-28-23)17-10-16(21(24)33)11-19-18(17)12-25-32(19)6-5-30-7-8-34-15(3)13-30/h9-12,15H,4-8,13H2,1-3H3,(H2,24,33)(H,26,27,28)/t15-/m1/s1. The highest BCUT2D eigenvalue weighted by molar-refractivity contribution is 6.02. The molecular formula is C23H29N9O2. The van der Waals surface area contributed by atoms with Crippen molar-refractivity contribution in [3.05, 3.63) is 35.7 Å². The summed E-state index contributed by atoms with van der Waals surface area (Å²) in [4.78, 5) is 19.2. The molecule has 1 aliphatic rings. The summed E-state index contributed by atoms with van der Waals surface area (Å²) in [7, 11) is 0. The highest BCUT2D eigenvalue weighted by atomic mass is 16.5. The van der Waals surface area contributed by atoms with Crippen molar-refractivity contribution in [2.24, 2.45) is 5.73 Å². The molecule has 5 rings (SSSR count). The van der Waals surface area contributed by atoms with Crippen molar-refractivity contribution in [2.75, 3.05) is 26.2 Å². The summed E-state index contributed by atoms with van der Waals surface area (Å²) in [5.74, 6) is 0.586. The van der Waals surface area contributed by atoms with Gasteiger partial charge in [0.05, 0.1) is 36.7 Å². The summed E-state index contributed by atoms with van der Waals surface area (Å²) in [5.41, 5.74) is 9.36. The third-order valence-electron chi connectivity index (χ3n) is 6.17. The van der Waals surface area contributed by atoms with Gasteiger partial charge in [-0.05, 0) is 39.0 Å². The molecule has 0 radical (unpaired) electrons. The van der Waals surface area contributed by atoms with E-state index in [1.165, 1.54) is 0 Å². The number of morpholine rings is 1. The van der Waals surface area contributed by atoms with E-state index in [0.29, 0.717) is 29.3 Å². The lowest BCUT2D eigenvalue weighted by molar-refractivity contribution is -0.0192. The fraction of sp³-hybridized carbons (Fsp3) is 0.435. The van der Waals surface area contributed by atoms with E-state index < -0.39 is 5.91 Å². The van der Waals surface area contributed by atoms with E-state index in [9.17, 15) is 4.79 Å². The molecule has 0 saturated carbocycles. The summed E-state index contributed by atoms with van der Waals surface area (Å²) in [5, 5.41) is 17.4. The Morgan fingerprint density at radius 1 is 1.26 bits per heavy atom. The molecule has 11 nitrogen and oxygen atoms in total. The van der Waals surface area contributed by atoms with Crippen LogP contribution in [0.25, 0.3) is 33.8 Å². The number of carbonyl (C=O) groups excluding carboxylic acids is 1. The highest BCUT2D eigenvalue weighted by Gasteiger charge is 2.20. The number of carbonyl (C=O) groups is 1. The average molecular weight is 464 g/mol. The maximum Gasteiger partial charge on any atom is 0.248 e. The van der Waals surface area contributed by atoms with Gasteiger partial charge in [-0.3, -0.25) is 24.2 Å². The number of ether oxygens (including phenoxy) is 1. The highest BCUT2D eigenvalue weighted by Crippen LogP contribution is 2.29. The van der Waals surface area contributed by atoms with Gasteiger partial charge in [0.15, 0.2) is 11.6 Å². The number of rotatable bonds is 7. The van der Waals surface area contributed by atoms with Crippen LogP contribution in [0.1, 0.15) is 29.9 Å². The SMILES string of the molecule is CCn1nc(C)cc1-c1nc(-c2cc(C(N)=O)cc3c2cnn3CCN2CCO[C@H](C)C2)n[nH]1. The summed E-state index contributed by atoms with van der Waals surface area (Å²) in [6, 6.07) is 5.49. The van der Waals surface area contributed by atoms with Crippen LogP contribution >= 0.6 is 0 Å². The number of hydrogen-bond acceptors (Lipinski definition) is 7. The molecule has 1 saturated heterocycles. The van der Waals surface area contributed by atoms with Crippen molar-refractivity contribution in [3.8, 4) is 22.9 Å². The maximum absolute atomic E-state index is 12.1. The van der Waals surface area contributed by atoms with Crippen LogP contribution in [0, 0.1) is 6.92 Å². The number of benzene rings is 1. The van der Waals surface area contributed by atoms with E-state index in [1.54, 1.807) is 18.3 Å². The van der Waals surface area contributed by atoms with Crippen LogP contribution in [0.15, 0.2) is 24.4 Å². The number of hydrogen-bond donors (Lipinski definition) is 2. The van der Waals surface area contributed by atoms with Crippen LogP contribution in [0.2, 0.25) is 0 Å². The second kappa shape index (κ2) is 8.99. The van der Waals surface area contributed by atoms with Crippen molar-refractivity contribution in [2.45, 2.75) is 40.0 Å². The van der Waals surface area contributed by atoms with Crippen LogP contribution in [-0.4, -0.2) is 77.9 Å². The average Bonchev–Trinajstić information content (AvgIpc) is 3.55. The minimum absolute atomic E-state index is 0.226. The second-order valence-electron chi connectivity index (χ2n) is 8.66. The monoisotopic (exact) mass is 463 g/mol. The Bertz CT molecular complexity index is 1340. The van der Waals surface area contributed by atoms with Gasteiger partial charge in [-0.25, -0.2) is 4.98 Å². The fourth-order valence-electron chi connectivity index (χ4n) is 4.49. The Kier molecular flexibility index (Phi) is 5.88. The Morgan fingerprint density at radius 2 is 2.12 bits per heavy atom. The molecule has 1 aromatic carbocycles. The number of amides is 1. The Labute approximate surface area is 196 Å². The number of fused-ring (bicyclic) bond motifs is 1. The third kappa shape index (κ3) is 4.19. The first-order chi connectivity index (χ1) is 16.4. The van der Waals surface area contributed by atoms with Gasteiger partial charge in [0.1, 0.15) is 5.69 Å². The van der Waals surface area contributed by atoms with Gasteiger partial charge in [-0.15, -0.1) is 0 Å². The van der Waals surface area contributed by atoms with E-state index in [0.717, 1.165) is 55.1 Å². The molecule has 3 N–H and O–H groups in total. The predicted octanol–water partition coefficient (Wildman–Crippen LogP) is 1.83. The molecule has 1 aliphatic heterocycles. The summed E-state index contributed by atoms with van der Waals surface area (Å²) in [6.45, 7) is 10.8. The van der Waals surface area contributed by atoms with Crippen molar-refractivity contribution in [1.82, 2.24) is 39.6 Å². The van der Waals surface area contributed by atoms with E-state index in [4.69, 9.17) is 15.5 Å². The van der Waals surface area contributed by atoms with Crippen molar-refractivity contribution >= 4 is 16.8 Å². The zero-order chi connectivity index (χ0) is 23.8. The van der Waals surface area contributed by atoms with Crippen LogP contribution in [0.3, 0.4) is 0 Å². The quantitative estimate of drug-likeness (QED) is 0.427. The van der Waals surface area contributed by atoms with Gasteiger partial charge < -0.3 is 10.5 Å². The molecule has 0 aliphatic carbocycles. The number of nitrogens with zero attached hydrogens (tertiary/aromatic N) is 7. The molecule has 34 heavy (non-hydrogen) atoms. The lowest BCUT2D eigenvalue weighted by Crippen LogP contribution is -2.42. The molecule has 1 atom stereocenters. The van der Waals surface area contributed by atoms with E-state index in [2.05, 4.69) is 32.2 Å². The maximum atomic E-state index is 12.1. The van der Waals surface area contributed by atoms with Crippen molar-refractivity contribution in [3.63, 3.8) is 0 Å². The third-order valence-corrected chi connectivity index (χ3v) is 6.17. The Balaban J connectivity index is 1.50. The number of nitrogens with two attached hydrogens (primary N) is 1. The predicted molar refractivity (Wildman–Crippen MR) is 127 cm³/mol. The van der Waals surface area contributed by atoms with Crippen molar-refractivity contribution in [1.29, 1.82) is 0 Å². The summed E-state index contributed by atoms with van der Waals surface area (Å²) >= 11 is 0. The fourth-order valence-corrected chi connectivity index (χ4v) is 4.49. The van der Waals surface area contributed by atoms with Crippen LogP contribution in [-0.2, 0) is 17.8 Å². The molecular weight excluding hydrogens is 434 g/mol. The van der Waals surface area contributed by atoms with Crippen molar-refractivity contribution < 1.29 is 9.53 Å². The number of nitrogens with one attached hydrogen (secondary N) is 1.